The molecule has 2 rings (SSSR count). The largest absolute Gasteiger partial charge is 1.00 e. The number of quaternary nitrogens is 1. The lowest BCUT2D eigenvalue weighted by molar-refractivity contribution is -0.693. The smallest absolute Gasteiger partial charge is 0.0859 e. The Morgan fingerprint density at radius 1 is 0.962 bits per heavy atom. The van der Waals surface area contributed by atoms with Crippen molar-refractivity contribution in [3.05, 3.63) is 35.4 Å². The summed E-state index contributed by atoms with van der Waals surface area (Å²) in [5, 5.41) is 13.0. The second kappa shape index (κ2) is 9.57. The van der Waals surface area contributed by atoms with Crippen molar-refractivity contribution >= 4 is 0 Å². The molecular formula is C23H40ClNO. The van der Waals surface area contributed by atoms with E-state index in [9.17, 15) is 5.11 Å². The van der Waals surface area contributed by atoms with Crippen LogP contribution in [0.1, 0.15) is 90.9 Å². The van der Waals surface area contributed by atoms with Gasteiger partial charge < -0.3 is 22.8 Å². The van der Waals surface area contributed by atoms with Crippen molar-refractivity contribution in [2.45, 2.75) is 91.2 Å². The third-order valence-corrected chi connectivity index (χ3v) is 6.10. The zero-order valence-corrected chi connectivity index (χ0v) is 18.4. The van der Waals surface area contributed by atoms with Crippen LogP contribution >= 0.6 is 0 Å². The quantitative estimate of drug-likeness (QED) is 0.798. The first-order valence-corrected chi connectivity index (χ1v) is 10.2. The lowest BCUT2D eigenvalue weighted by Gasteiger charge is -2.36. The highest BCUT2D eigenvalue weighted by atomic mass is 35.5. The average molecular weight is 382 g/mol. The molecule has 1 aromatic carbocycles. The highest BCUT2D eigenvalue weighted by molar-refractivity contribution is 5.28. The van der Waals surface area contributed by atoms with Gasteiger partial charge in [0.1, 0.15) is 0 Å². The van der Waals surface area contributed by atoms with E-state index in [-0.39, 0.29) is 23.9 Å². The molecule has 0 heterocycles. The van der Waals surface area contributed by atoms with Crippen LogP contribution in [0.4, 0.5) is 0 Å². The van der Waals surface area contributed by atoms with Crippen LogP contribution in [0.15, 0.2) is 24.3 Å². The van der Waals surface area contributed by atoms with E-state index in [0.29, 0.717) is 5.41 Å². The van der Waals surface area contributed by atoms with E-state index in [1.54, 1.807) is 0 Å². The number of aliphatic hydroxyl groups excluding tert-OH is 1. The summed E-state index contributed by atoms with van der Waals surface area (Å²) in [6, 6.07) is 9.28. The van der Waals surface area contributed by atoms with Crippen LogP contribution in [-0.4, -0.2) is 17.7 Å². The zero-order valence-electron chi connectivity index (χ0n) is 17.7. The number of hydrogen-bond donors (Lipinski definition) is 2. The zero-order chi connectivity index (χ0) is 18.7. The molecule has 1 fully saturated rings. The molecule has 1 aliphatic rings. The molecule has 1 atom stereocenters. The highest BCUT2D eigenvalue weighted by Gasteiger charge is 2.30. The number of halogens is 1. The number of rotatable bonds is 5. The Kier molecular flexibility index (Phi) is 8.64. The Balaban J connectivity index is 0.00000338. The highest BCUT2D eigenvalue weighted by Crippen LogP contribution is 2.37. The summed E-state index contributed by atoms with van der Waals surface area (Å²) >= 11 is 0. The van der Waals surface area contributed by atoms with Gasteiger partial charge in [0.2, 0.25) is 0 Å². The molecule has 1 aromatic rings. The van der Waals surface area contributed by atoms with E-state index >= 15 is 0 Å². The molecular weight excluding hydrogens is 342 g/mol. The number of hydrogen-bond acceptors (Lipinski definition) is 1. The molecule has 0 aromatic heterocycles. The van der Waals surface area contributed by atoms with Gasteiger partial charge in [-0.3, -0.25) is 0 Å². The van der Waals surface area contributed by atoms with Crippen molar-refractivity contribution in [2.75, 3.05) is 6.54 Å². The normalized spacial score (nSPS) is 22.6. The van der Waals surface area contributed by atoms with Gasteiger partial charge in [0.05, 0.1) is 18.7 Å². The monoisotopic (exact) mass is 381 g/mol. The fourth-order valence-corrected chi connectivity index (χ4v) is 4.08. The maximum absolute atomic E-state index is 10.5. The molecule has 3 N–H and O–H groups in total. The van der Waals surface area contributed by atoms with Gasteiger partial charge in [0.15, 0.2) is 0 Å². The summed E-state index contributed by atoms with van der Waals surface area (Å²) in [6.45, 7) is 14.8. The third kappa shape index (κ3) is 6.87. The molecule has 0 bridgehead atoms. The van der Waals surface area contributed by atoms with Crippen molar-refractivity contribution in [3.63, 3.8) is 0 Å². The van der Waals surface area contributed by atoms with Gasteiger partial charge in [-0.25, -0.2) is 0 Å². The van der Waals surface area contributed by atoms with Gasteiger partial charge in [-0.05, 0) is 53.6 Å². The van der Waals surface area contributed by atoms with E-state index in [4.69, 9.17) is 0 Å². The molecule has 0 spiro atoms. The number of aliphatic hydroxyl groups is 1. The molecule has 0 radical (unpaired) electrons. The number of nitrogens with two attached hydrogens (primary N) is 1. The van der Waals surface area contributed by atoms with Crippen LogP contribution < -0.4 is 17.7 Å². The molecule has 150 valence electrons. The van der Waals surface area contributed by atoms with E-state index in [1.807, 2.05) is 0 Å². The molecule has 1 saturated carbocycles. The van der Waals surface area contributed by atoms with Gasteiger partial charge in [-0.1, -0.05) is 65.8 Å². The summed E-state index contributed by atoms with van der Waals surface area (Å²) in [4.78, 5) is 0. The summed E-state index contributed by atoms with van der Waals surface area (Å²) in [7, 11) is 0. The predicted octanol–water partition coefficient (Wildman–Crippen LogP) is 1.58. The van der Waals surface area contributed by atoms with Gasteiger partial charge in [0.25, 0.3) is 0 Å². The first-order chi connectivity index (χ1) is 11.6. The first kappa shape index (κ1) is 23.5. The average Bonchev–Trinajstić information content (AvgIpc) is 2.54. The fraction of sp³-hybridized carbons (Fsp3) is 0.739. The van der Waals surface area contributed by atoms with Crippen molar-refractivity contribution in [3.8, 4) is 0 Å². The van der Waals surface area contributed by atoms with Crippen LogP contribution in [0.5, 0.6) is 0 Å². The minimum Gasteiger partial charge on any atom is -1.00 e. The summed E-state index contributed by atoms with van der Waals surface area (Å²) in [5.74, 6) is 0.879. The Hall–Kier alpha value is -0.570. The van der Waals surface area contributed by atoms with Crippen LogP contribution in [-0.2, 0) is 5.41 Å². The summed E-state index contributed by atoms with van der Waals surface area (Å²) < 4.78 is 0. The summed E-state index contributed by atoms with van der Waals surface area (Å²) in [5.41, 5.74) is 3.01. The molecule has 2 nitrogen and oxygen atoms in total. The molecule has 0 saturated heterocycles. The predicted molar refractivity (Wildman–Crippen MR) is 107 cm³/mol. The Labute approximate surface area is 167 Å². The van der Waals surface area contributed by atoms with Crippen molar-refractivity contribution in [2.24, 2.45) is 11.3 Å². The van der Waals surface area contributed by atoms with Crippen molar-refractivity contribution < 1.29 is 22.8 Å². The van der Waals surface area contributed by atoms with Gasteiger partial charge in [0, 0.05) is 6.42 Å². The molecule has 0 amide bonds. The second-order valence-corrected chi connectivity index (χ2v) is 10.2. The van der Waals surface area contributed by atoms with E-state index in [0.717, 1.165) is 30.5 Å². The molecule has 0 aliphatic heterocycles. The van der Waals surface area contributed by atoms with Crippen LogP contribution in [0.25, 0.3) is 0 Å². The molecule has 26 heavy (non-hydrogen) atoms. The fourth-order valence-electron chi connectivity index (χ4n) is 4.08. The van der Waals surface area contributed by atoms with E-state index < -0.39 is 0 Å². The summed E-state index contributed by atoms with van der Waals surface area (Å²) in [6.07, 6.45) is 5.89. The minimum atomic E-state index is -0.337. The van der Waals surface area contributed by atoms with Crippen molar-refractivity contribution in [1.82, 2.24) is 0 Å². The topological polar surface area (TPSA) is 36.8 Å². The lowest BCUT2D eigenvalue weighted by atomic mass is 9.71. The molecule has 1 unspecified atom stereocenters. The Bertz CT molecular complexity index is 519. The lowest BCUT2D eigenvalue weighted by Crippen LogP contribution is -3.00. The molecule has 1 aliphatic carbocycles. The van der Waals surface area contributed by atoms with Gasteiger partial charge in [-0.15, -0.1) is 0 Å². The van der Waals surface area contributed by atoms with Crippen LogP contribution in [0, 0.1) is 11.3 Å². The second-order valence-electron chi connectivity index (χ2n) is 10.2. The van der Waals surface area contributed by atoms with E-state index in [2.05, 4.69) is 71.1 Å². The molecule has 3 heteroatoms. The Morgan fingerprint density at radius 2 is 1.50 bits per heavy atom. The van der Waals surface area contributed by atoms with Gasteiger partial charge in [-0.2, -0.15) is 0 Å². The first-order valence-electron chi connectivity index (χ1n) is 10.2. The number of benzene rings is 1. The van der Waals surface area contributed by atoms with Gasteiger partial charge >= 0.3 is 0 Å². The van der Waals surface area contributed by atoms with E-state index in [1.165, 1.54) is 31.2 Å². The van der Waals surface area contributed by atoms with Crippen molar-refractivity contribution in [1.29, 1.82) is 0 Å². The minimum absolute atomic E-state index is 0. The van der Waals surface area contributed by atoms with Crippen LogP contribution in [0.2, 0.25) is 0 Å². The SMILES string of the molecule is CC(C)(C)c1ccc(C(O)CC[NH2+]C2CCC(C(C)(C)C)CC2)cc1.[Cl-]. The third-order valence-electron chi connectivity index (χ3n) is 6.10. The standard InChI is InChI=1S/C23H39NO.ClH/c1-22(2,3)18-9-7-17(8-10-18)21(25)15-16-24-20-13-11-19(12-14-20)23(4,5)6;/h7-10,19-21,24-25H,11-16H2,1-6H3;1H. The maximum Gasteiger partial charge on any atom is 0.0859 e. The van der Waals surface area contributed by atoms with Crippen LogP contribution in [0.3, 0.4) is 0 Å². The Morgan fingerprint density at radius 3 is 1.96 bits per heavy atom. The maximum atomic E-state index is 10.5.